The van der Waals surface area contributed by atoms with Crippen LogP contribution in [-0.4, -0.2) is 43.3 Å². The van der Waals surface area contributed by atoms with Crippen LogP contribution in [0.25, 0.3) is 0 Å². The van der Waals surface area contributed by atoms with Crippen LogP contribution in [0.15, 0.2) is 12.2 Å². The van der Waals surface area contributed by atoms with Gasteiger partial charge in [-0.05, 0) is 7.05 Å². The maximum absolute atomic E-state index is 11.3. The van der Waals surface area contributed by atoms with Crippen LogP contribution in [0.3, 0.4) is 0 Å². The largest absolute Gasteiger partial charge is 0.325 e. The molecule has 1 atom stereocenters. The van der Waals surface area contributed by atoms with Crippen molar-refractivity contribution in [2.45, 2.75) is 6.04 Å². The van der Waals surface area contributed by atoms with E-state index in [0.717, 1.165) is 6.29 Å². The van der Waals surface area contributed by atoms with E-state index in [1.54, 1.807) is 13.1 Å². The average Bonchev–Trinajstić information content (AvgIpc) is 2.51. The Morgan fingerprint density at radius 3 is 3.17 bits per heavy atom. The monoisotopic (exact) mass is 168 g/mol. The number of amides is 1. The molecule has 0 radical (unpaired) electrons. The molecule has 4 heteroatoms. The fourth-order valence-corrected chi connectivity index (χ4v) is 1.18. The SMILES string of the molecule is CNCC(=O)N1CC=CC1C=O. The highest BCUT2D eigenvalue weighted by Gasteiger charge is 2.22. The lowest BCUT2D eigenvalue weighted by Crippen LogP contribution is -2.41. The molecule has 1 rings (SSSR count). The lowest BCUT2D eigenvalue weighted by molar-refractivity contribution is -0.132. The molecule has 12 heavy (non-hydrogen) atoms. The van der Waals surface area contributed by atoms with E-state index in [1.165, 1.54) is 4.90 Å². The molecule has 1 amide bonds. The number of carbonyl (C=O) groups excluding carboxylic acids is 2. The van der Waals surface area contributed by atoms with Crippen molar-refractivity contribution in [3.63, 3.8) is 0 Å². The normalized spacial score (nSPS) is 21.4. The van der Waals surface area contributed by atoms with Crippen molar-refractivity contribution in [1.29, 1.82) is 0 Å². The molecule has 0 saturated carbocycles. The maximum atomic E-state index is 11.3. The summed E-state index contributed by atoms with van der Waals surface area (Å²) in [6, 6.07) is -0.356. The molecule has 1 N–H and O–H groups in total. The van der Waals surface area contributed by atoms with E-state index in [1.807, 2.05) is 6.08 Å². The molecule has 0 aromatic rings. The molecule has 1 aliphatic rings. The number of nitrogens with zero attached hydrogens (tertiary/aromatic N) is 1. The highest BCUT2D eigenvalue weighted by atomic mass is 16.2. The smallest absolute Gasteiger partial charge is 0.237 e. The van der Waals surface area contributed by atoms with E-state index in [2.05, 4.69) is 5.32 Å². The van der Waals surface area contributed by atoms with Gasteiger partial charge in [0.15, 0.2) is 0 Å². The molecule has 0 spiro atoms. The standard InChI is InChI=1S/C8H12N2O2/c1-9-5-8(12)10-4-2-3-7(10)6-11/h2-3,6-7,9H,4-5H2,1H3. The van der Waals surface area contributed by atoms with Gasteiger partial charge in [0.2, 0.25) is 5.91 Å². The van der Waals surface area contributed by atoms with Crippen LogP contribution in [0, 0.1) is 0 Å². The third-order valence-corrected chi connectivity index (χ3v) is 1.78. The van der Waals surface area contributed by atoms with Crippen LogP contribution in [0.1, 0.15) is 0 Å². The van der Waals surface area contributed by atoms with Gasteiger partial charge in [-0.1, -0.05) is 12.2 Å². The Kier molecular flexibility index (Phi) is 2.99. The molecular formula is C8H12N2O2. The summed E-state index contributed by atoms with van der Waals surface area (Å²) in [5, 5.41) is 2.75. The molecule has 0 fully saturated rings. The quantitative estimate of drug-likeness (QED) is 0.442. The number of rotatable bonds is 3. The Morgan fingerprint density at radius 1 is 1.83 bits per heavy atom. The number of hydrogen-bond donors (Lipinski definition) is 1. The molecule has 1 aliphatic heterocycles. The third-order valence-electron chi connectivity index (χ3n) is 1.78. The second kappa shape index (κ2) is 4.01. The first-order valence-electron chi connectivity index (χ1n) is 3.85. The van der Waals surface area contributed by atoms with Crippen LogP contribution in [-0.2, 0) is 9.59 Å². The van der Waals surface area contributed by atoms with E-state index in [4.69, 9.17) is 0 Å². The third kappa shape index (κ3) is 1.71. The summed E-state index contributed by atoms with van der Waals surface area (Å²) in [6.07, 6.45) is 4.34. The summed E-state index contributed by atoms with van der Waals surface area (Å²) >= 11 is 0. The van der Waals surface area contributed by atoms with Gasteiger partial charge in [0.1, 0.15) is 12.3 Å². The van der Waals surface area contributed by atoms with Gasteiger partial charge in [-0.25, -0.2) is 0 Å². The Hall–Kier alpha value is -1.16. The van der Waals surface area contributed by atoms with Crippen LogP contribution < -0.4 is 5.32 Å². The molecule has 66 valence electrons. The topological polar surface area (TPSA) is 49.4 Å². The molecule has 0 bridgehead atoms. The molecule has 1 unspecified atom stereocenters. The number of likely N-dealkylation sites (N-methyl/N-ethyl adjacent to an activating group) is 1. The van der Waals surface area contributed by atoms with Crippen molar-refractivity contribution in [2.75, 3.05) is 20.1 Å². The highest BCUT2D eigenvalue weighted by molar-refractivity contribution is 5.83. The Balaban J connectivity index is 2.52. The minimum Gasteiger partial charge on any atom is -0.325 e. The first kappa shape index (κ1) is 8.93. The maximum Gasteiger partial charge on any atom is 0.237 e. The van der Waals surface area contributed by atoms with E-state index in [9.17, 15) is 9.59 Å². The summed E-state index contributed by atoms with van der Waals surface area (Å²) < 4.78 is 0. The van der Waals surface area contributed by atoms with Gasteiger partial charge in [0, 0.05) is 6.54 Å². The fourth-order valence-electron chi connectivity index (χ4n) is 1.18. The number of nitrogens with one attached hydrogen (secondary N) is 1. The first-order chi connectivity index (χ1) is 5.79. The van der Waals surface area contributed by atoms with Gasteiger partial charge >= 0.3 is 0 Å². The van der Waals surface area contributed by atoms with Gasteiger partial charge in [-0.15, -0.1) is 0 Å². The van der Waals surface area contributed by atoms with E-state index >= 15 is 0 Å². The van der Waals surface area contributed by atoms with Gasteiger partial charge < -0.3 is 15.0 Å². The molecule has 0 aromatic heterocycles. The molecule has 0 aromatic carbocycles. The molecule has 4 nitrogen and oxygen atoms in total. The average molecular weight is 168 g/mol. The zero-order valence-corrected chi connectivity index (χ0v) is 6.99. The van der Waals surface area contributed by atoms with Crippen molar-refractivity contribution in [3.05, 3.63) is 12.2 Å². The first-order valence-corrected chi connectivity index (χ1v) is 3.85. The van der Waals surface area contributed by atoms with Crippen molar-refractivity contribution in [2.24, 2.45) is 0 Å². The van der Waals surface area contributed by atoms with Crippen LogP contribution >= 0.6 is 0 Å². The van der Waals surface area contributed by atoms with Crippen molar-refractivity contribution >= 4 is 12.2 Å². The highest BCUT2D eigenvalue weighted by Crippen LogP contribution is 2.06. The van der Waals surface area contributed by atoms with Crippen LogP contribution in [0.2, 0.25) is 0 Å². The Labute approximate surface area is 71.2 Å². The molecular weight excluding hydrogens is 156 g/mol. The van der Waals surface area contributed by atoms with Gasteiger partial charge in [0.25, 0.3) is 0 Å². The number of aldehydes is 1. The number of hydrogen-bond acceptors (Lipinski definition) is 3. The number of carbonyl (C=O) groups is 2. The van der Waals surface area contributed by atoms with Crippen LogP contribution in [0.4, 0.5) is 0 Å². The summed E-state index contributed by atoms with van der Waals surface area (Å²) in [5.41, 5.74) is 0. The second-order valence-electron chi connectivity index (χ2n) is 2.63. The zero-order valence-electron chi connectivity index (χ0n) is 6.99. The fraction of sp³-hybridized carbons (Fsp3) is 0.500. The molecule has 0 saturated heterocycles. The zero-order chi connectivity index (χ0) is 8.97. The van der Waals surface area contributed by atoms with E-state index < -0.39 is 0 Å². The van der Waals surface area contributed by atoms with Crippen LogP contribution in [0.5, 0.6) is 0 Å². The lowest BCUT2D eigenvalue weighted by atomic mass is 10.3. The van der Waals surface area contributed by atoms with Gasteiger partial charge in [-0.3, -0.25) is 4.79 Å². The predicted molar refractivity (Wildman–Crippen MR) is 44.6 cm³/mol. The van der Waals surface area contributed by atoms with Crippen molar-refractivity contribution in [3.8, 4) is 0 Å². The predicted octanol–water partition coefficient (Wildman–Crippen LogP) is -0.828. The van der Waals surface area contributed by atoms with Gasteiger partial charge in [0.05, 0.1) is 6.54 Å². The minimum atomic E-state index is -0.356. The molecule has 1 heterocycles. The Bertz CT molecular complexity index is 213. The summed E-state index contributed by atoms with van der Waals surface area (Å²) in [6.45, 7) is 0.829. The van der Waals surface area contributed by atoms with Crippen molar-refractivity contribution in [1.82, 2.24) is 10.2 Å². The van der Waals surface area contributed by atoms with Gasteiger partial charge in [-0.2, -0.15) is 0 Å². The summed E-state index contributed by atoms with van der Waals surface area (Å²) in [4.78, 5) is 23.3. The second-order valence-corrected chi connectivity index (χ2v) is 2.63. The minimum absolute atomic E-state index is 0.0420. The molecule has 0 aliphatic carbocycles. The Morgan fingerprint density at radius 2 is 2.58 bits per heavy atom. The lowest BCUT2D eigenvalue weighted by Gasteiger charge is -2.19. The van der Waals surface area contributed by atoms with Crippen molar-refractivity contribution < 1.29 is 9.59 Å². The summed E-state index contributed by atoms with van der Waals surface area (Å²) in [7, 11) is 1.71. The van der Waals surface area contributed by atoms with E-state index in [-0.39, 0.29) is 18.5 Å². The summed E-state index contributed by atoms with van der Waals surface area (Å²) in [5.74, 6) is -0.0420. The van der Waals surface area contributed by atoms with E-state index in [0.29, 0.717) is 6.54 Å².